The lowest BCUT2D eigenvalue weighted by Gasteiger charge is -2.30. The van der Waals surface area contributed by atoms with Gasteiger partial charge in [0.05, 0.1) is 18.1 Å². The summed E-state index contributed by atoms with van der Waals surface area (Å²) in [5.74, 6) is 1.11. The highest BCUT2D eigenvalue weighted by atomic mass is 32.2. The summed E-state index contributed by atoms with van der Waals surface area (Å²) in [6, 6.07) is 7.52. The van der Waals surface area contributed by atoms with E-state index in [1.165, 1.54) is 0 Å². The van der Waals surface area contributed by atoms with Gasteiger partial charge in [-0.15, -0.1) is 5.10 Å². The topological polar surface area (TPSA) is 51.0 Å². The van der Waals surface area contributed by atoms with Crippen LogP contribution in [0.4, 0.5) is 0 Å². The maximum Gasteiger partial charge on any atom is 0.253 e. The van der Waals surface area contributed by atoms with E-state index in [2.05, 4.69) is 17.2 Å². The number of rotatable bonds is 2. The summed E-state index contributed by atoms with van der Waals surface area (Å²) in [4.78, 5) is 14.5. The molecule has 0 radical (unpaired) electrons. The quantitative estimate of drug-likeness (QED) is 0.846. The molecule has 1 fully saturated rings. The van der Waals surface area contributed by atoms with E-state index >= 15 is 0 Å². The molecule has 1 aliphatic heterocycles. The van der Waals surface area contributed by atoms with Crippen molar-refractivity contribution in [1.29, 1.82) is 0 Å². The summed E-state index contributed by atoms with van der Waals surface area (Å²) in [6.45, 7) is 3.80. The molecule has 1 atom stereocenters. The van der Waals surface area contributed by atoms with E-state index in [0.717, 1.165) is 24.5 Å². The Morgan fingerprint density at radius 3 is 3.10 bits per heavy atom. The fourth-order valence-electron chi connectivity index (χ4n) is 2.31. The summed E-state index contributed by atoms with van der Waals surface area (Å²) >= 11 is 1.92. The molecule has 0 bridgehead atoms. The van der Waals surface area contributed by atoms with E-state index in [0.29, 0.717) is 10.8 Å². The Kier molecular flexibility index (Phi) is 3.73. The van der Waals surface area contributed by atoms with E-state index in [1.807, 2.05) is 40.9 Å². The zero-order valence-corrected chi connectivity index (χ0v) is 12.1. The van der Waals surface area contributed by atoms with Crippen molar-refractivity contribution >= 4 is 17.7 Å². The Morgan fingerprint density at radius 1 is 1.45 bits per heavy atom. The van der Waals surface area contributed by atoms with Crippen LogP contribution in [0.2, 0.25) is 0 Å². The van der Waals surface area contributed by atoms with Gasteiger partial charge in [0.15, 0.2) is 0 Å². The lowest BCUT2D eigenvalue weighted by atomic mass is 10.1. The van der Waals surface area contributed by atoms with Crippen molar-refractivity contribution < 1.29 is 4.79 Å². The van der Waals surface area contributed by atoms with Gasteiger partial charge < -0.3 is 4.90 Å². The molecular formula is C14H16N4OS. The van der Waals surface area contributed by atoms with Gasteiger partial charge in [0.2, 0.25) is 0 Å². The van der Waals surface area contributed by atoms with Gasteiger partial charge in [0.25, 0.3) is 5.91 Å². The van der Waals surface area contributed by atoms with Gasteiger partial charge in [-0.2, -0.15) is 11.8 Å². The molecule has 1 aromatic carbocycles. The first-order chi connectivity index (χ1) is 9.74. The van der Waals surface area contributed by atoms with E-state index in [1.54, 1.807) is 17.1 Å². The third-order valence-corrected chi connectivity index (χ3v) is 4.44. The van der Waals surface area contributed by atoms with Crippen LogP contribution in [0.15, 0.2) is 36.7 Å². The third-order valence-electron chi connectivity index (χ3n) is 3.31. The maximum atomic E-state index is 12.5. The van der Waals surface area contributed by atoms with Crippen LogP contribution in [0.1, 0.15) is 17.3 Å². The standard InChI is InChI=1S/C14H16N4OS/c1-11-10-17(7-8-20-11)14(19)12-3-2-4-13(9-12)18-6-5-15-16-18/h2-6,9,11H,7-8,10H2,1H3/t11-/m1/s1. The molecule has 2 heterocycles. The first-order valence-corrected chi connectivity index (χ1v) is 7.66. The number of nitrogens with zero attached hydrogens (tertiary/aromatic N) is 4. The van der Waals surface area contributed by atoms with Crippen LogP contribution in [-0.4, -0.2) is 49.9 Å². The van der Waals surface area contributed by atoms with Gasteiger partial charge >= 0.3 is 0 Å². The maximum absolute atomic E-state index is 12.5. The fourth-order valence-corrected chi connectivity index (χ4v) is 3.33. The van der Waals surface area contributed by atoms with Crippen molar-refractivity contribution in [1.82, 2.24) is 19.9 Å². The molecule has 6 heteroatoms. The van der Waals surface area contributed by atoms with Gasteiger partial charge in [-0.05, 0) is 18.2 Å². The minimum absolute atomic E-state index is 0.0964. The lowest BCUT2D eigenvalue weighted by Crippen LogP contribution is -2.41. The Hall–Kier alpha value is -1.82. The first-order valence-electron chi connectivity index (χ1n) is 6.61. The first kappa shape index (κ1) is 13.2. The van der Waals surface area contributed by atoms with Crippen LogP contribution in [0.3, 0.4) is 0 Å². The zero-order valence-electron chi connectivity index (χ0n) is 11.3. The number of hydrogen-bond acceptors (Lipinski definition) is 4. The molecule has 0 saturated carbocycles. The Labute approximate surface area is 122 Å². The molecule has 1 amide bonds. The summed E-state index contributed by atoms with van der Waals surface area (Å²) in [5.41, 5.74) is 1.56. The highest BCUT2D eigenvalue weighted by Crippen LogP contribution is 2.20. The third kappa shape index (κ3) is 2.70. The minimum Gasteiger partial charge on any atom is -0.337 e. The SMILES string of the molecule is C[C@@H]1CN(C(=O)c2cccc(-n3ccnn3)c2)CCS1. The van der Waals surface area contributed by atoms with Gasteiger partial charge in [-0.3, -0.25) is 4.79 Å². The number of hydrogen-bond donors (Lipinski definition) is 0. The second kappa shape index (κ2) is 5.66. The van der Waals surface area contributed by atoms with Gasteiger partial charge in [-0.25, -0.2) is 4.68 Å². The highest BCUT2D eigenvalue weighted by Gasteiger charge is 2.22. The summed E-state index contributed by atoms with van der Waals surface area (Å²) in [7, 11) is 0. The molecule has 0 aliphatic carbocycles. The monoisotopic (exact) mass is 288 g/mol. The van der Waals surface area contributed by atoms with Crippen molar-refractivity contribution in [3.8, 4) is 5.69 Å². The molecule has 5 nitrogen and oxygen atoms in total. The van der Waals surface area contributed by atoms with Crippen molar-refractivity contribution in [3.63, 3.8) is 0 Å². The lowest BCUT2D eigenvalue weighted by molar-refractivity contribution is 0.0763. The van der Waals surface area contributed by atoms with E-state index in [-0.39, 0.29) is 5.91 Å². The molecular weight excluding hydrogens is 272 g/mol. The summed E-state index contributed by atoms with van der Waals surface area (Å²) in [6.07, 6.45) is 3.39. The number of carbonyl (C=O) groups is 1. The number of amides is 1. The Morgan fingerprint density at radius 2 is 2.35 bits per heavy atom. The van der Waals surface area contributed by atoms with E-state index in [4.69, 9.17) is 0 Å². The molecule has 2 aromatic rings. The smallest absolute Gasteiger partial charge is 0.253 e. The molecule has 1 aromatic heterocycles. The number of thioether (sulfide) groups is 1. The van der Waals surface area contributed by atoms with Gasteiger partial charge in [0, 0.05) is 29.7 Å². The average Bonchev–Trinajstić information content (AvgIpc) is 3.01. The predicted octanol–water partition coefficient (Wildman–Crippen LogP) is 1.84. The average molecular weight is 288 g/mol. The molecule has 0 unspecified atom stereocenters. The molecule has 1 saturated heterocycles. The van der Waals surface area contributed by atoms with Crippen LogP contribution >= 0.6 is 11.8 Å². The van der Waals surface area contributed by atoms with Crippen molar-refractivity contribution in [2.24, 2.45) is 0 Å². The second-order valence-electron chi connectivity index (χ2n) is 4.83. The molecule has 0 spiro atoms. The molecule has 0 N–H and O–H groups in total. The number of benzene rings is 1. The van der Waals surface area contributed by atoms with Gasteiger partial charge in [0.1, 0.15) is 0 Å². The van der Waals surface area contributed by atoms with Crippen LogP contribution in [0.5, 0.6) is 0 Å². The molecule has 1 aliphatic rings. The van der Waals surface area contributed by atoms with Crippen molar-refractivity contribution in [2.75, 3.05) is 18.8 Å². The normalized spacial score (nSPS) is 19.1. The summed E-state index contributed by atoms with van der Waals surface area (Å²) < 4.78 is 1.66. The second-order valence-corrected chi connectivity index (χ2v) is 6.38. The summed E-state index contributed by atoms with van der Waals surface area (Å²) in [5, 5.41) is 8.24. The number of carbonyl (C=O) groups excluding carboxylic acids is 1. The zero-order chi connectivity index (χ0) is 13.9. The predicted molar refractivity (Wildman–Crippen MR) is 79.2 cm³/mol. The molecule has 20 heavy (non-hydrogen) atoms. The van der Waals surface area contributed by atoms with Crippen molar-refractivity contribution in [2.45, 2.75) is 12.2 Å². The largest absolute Gasteiger partial charge is 0.337 e. The van der Waals surface area contributed by atoms with Crippen LogP contribution in [0.25, 0.3) is 5.69 Å². The van der Waals surface area contributed by atoms with Crippen LogP contribution in [-0.2, 0) is 0 Å². The van der Waals surface area contributed by atoms with Gasteiger partial charge in [-0.1, -0.05) is 18.2 Å². The Bertz CT molecular complexity index is 599. The minimum atomic E-state index is 0.0964. The highest BCUT2D eigenvalue weighted by molar-refractivity contribution is 7.99. The van der Waals surface area contributed by atoms with E-state index in [9.17, 15) is 4.79 Å². The van der Waals surface area contributed by atoms with Crippen LogP contribution in [0, 0.1) is 0 Å². The Balaban J connectivity index is 1.83. The fraction of sp³-hybridized carbons (Fsp3) is 0.357. The van der Waals surface area contributed by atoms with Crippen molar-refractivity contribution in [3.05, 3.63) is 42.2 Å². The van der Waals surface area contributed by atoms with E-state index < -0.39 is 0 Å². The molecule has 104 valence electrons. The number of aromatic nitrogens is 3. The molecule has 3 rings (SSSR count). The van der Waals surface area contributed by atoms with Crippen LogP contribution < -0.4 is 0 Å².